The van der Waals surface area contributed by atoms with Gasteiger partial charge in [-0.25, -0.2) is 8.42 Å². The monoisotopic (exact) mass is 324 g/mol. The third-order valence-electron chi connectivity index (χ3n) is 3.92. The number of sulfone groups is 1. The molecule has 5 nitrogen and oxygen atoms in total. The first-order valence-corrected chi connectivity index (χ1v) is 9.72. The molecule has 1 N–H and O–H groups in total. The SMILES string of the molecule is CS(=O)(=O)CC(=O)NCCN1CCC[C@H](c2ccccc2)C1. The van der Waals surface area contributed by atoms with Gasteiger partial charge in [0, 0.05) is 25.9 Å². The summed E-state index contributed by atoms with van der Waals surface area (Å²) in [6.45, 7) is 3.28. The van der Waals surface area contributed by atoms with Crippen molar-refractivity contribution in [3.8, 4) is 0 Å². The molecule has 0 spiro atoms. The molecule has 0 bridgehead atoms. The Balaban J connectivity index is 1.75. The summed E-state index contributed by atoms with van der Waals surface area (Å²) in [6, 6.07) is 10.5. The molecule has 1 atom stereocenters. The highest BCUT2D eigenvalue weighted by Gasteiger charge is 2.21. The van der Waals surface area contributed by atoms with Crippen LogP contribution in [0, 0.1) is 0 Å². The zero-order valence-electron chi connectivity index (χ0n) is 13.0. The van der Waals surface area contributed by atoms with E-state index in [-0.39, 0.29) is 0 Å². The lowest BCUT2D eigenvalue weighted by molar-refractivity contribution is -0.118. The minimum absolute atomic E-state index is 0.417. The highest BCUT2D eigenvalue weighted by Crippen LogP contribution is 2.26. The van der Waals surface area contributed by atoms with Gasteiger partial charge in [-0.05, 0) is 30.9 Å². The summed E-state index contributed by atoms with van der Waals surface area (Å²) in [7, 11) is -3.25. The van der Waals surface area contributed by atoms with Crippen LogP contribution in [0.5, 0.6) is 0 Å². The zero-order valence-corrected chi connectivity index (χ0v) is 13.8. The molecule has 2 rings (SSSR count). The smallest absolute Gasteiger partial charge is 0.235 e. The fraction of sp³-hybridized carbons (Fsp3) is 0.562. The Kier molecular flexibility index (Phi) is 5.97. The van der Waals surface area contributed by atoms with Gasteiger partial charge in [0.2, 0.25) is 5.91 Å². The first-order chi connectivity index (χ1) is 10.4. The minimum Gasteiger partial charge on any atom is -0.354 e. The van der Waals surface area contributed by atoms with Crippen LogP contribution in [0.15, 0.2) is 30.3 Å². The highest BCUT2D eigenvalue weighted by atomic mass is 32.2. The average molecular weight is 324 g/mol. The van der Waals surface area contributed by atoms with E-state index in [2.05, 4.69) is 34.5 Å². The van der Waals surface area contributed by atoms with Gasteiger partial charge in [-0.2, -0.15) is 0 Å². The lowest BCUT2D eigenvalue weighted by Gasteiger charge is -2.33. The predicted molar refractivity (Wildman–Crippen MR) is 87.6 cm³/mol. The standard InChI is InChI=1S/C16H24N2O3S/c1-22(20,21)13-16(19)17-9-11-18-10-5-8-15(12-18)14-6-3-2-4-7-14/h2-4,6-7,15H,5,8-13H2,1H3,(H,17,19)/t15-/m0/s1. The van der Waals surface area contributed by atoms with E-state index in [1.54, 1.807) is 0 Å². The van der Waals surface area contributed by atoms with E-state index in [0.29, 0.717) is 12.5 Å². The van der Waals surface area contributed by atoms with Crippen molar-refractivity contribution in [3.63, 3.8) is 0 Å². The Hall–Kier alpha value is -1.40. The molecule has 1 aliphatic rings. The number of hydrogen-bond donors (Lipinski definition) is 1. The summed E-state index contributed by atoms with van der Waals surface area (Å²) >= 11 is 0. The minimum atomic E-state index is -3.25. The lowest BCUT2D eigenvalue weighted by Crippen LogP contribution is -2.41. The summed E-state index contributed by atoms with van der Waals surface area (Å²) in [4.78, 5) is 13.8. The summed E-state index contributed by atoms with van der Waals surface area (Å²) in [5, 5.41) is 2.68. The van der Waals surface area contributed by atoms with Crippen LogP contribution in [0.2, 0.25) is 0 Å². The molecule has 1 heterocycles. The van der Waals surface area contributed by atoms with E-state index in [1.165, 1.54) is 12.0 Å². The maximum absolute atomic E-state index is 11.5. The third kappa shape index (κ3) is 5.77. The molecular formula is C16H24N2O3S. The van der Waals surface area contributed by atoms with Gasteiger partial charge in [0.15, 0.2) is 9.84 Å². The normalized spacial score (nSPS) is 19.8. The van der Waals surface area contributed by atoms with Gasteiger partial charge < -0.3 is 10.2 Å². The number of amides is 1. The molecule has 0 unspecified atom stereocenters. The molecule has 122 valence electrons. The van der Waals surface area contributed by atoms with Gasteiger partial charge >= 0.3 is 0 Å². The second-order valence-electron chi connectivity index (χ2n) is 5.97. The Morgan fingerprint density at radius 3 is 2.73 bits per heavy atom. The molecule has 1 aromatic rings. The van der Waals surface area contributed by atoms with Crippen molar-refractivity contribution >= 4 is 15.7 Å². The van der Waals surface area contributed by atoms with E-state index in [0.717, 1.165) is 32.3 Å². The highest BCUT2D eigenvalue weighted by molar-refractivity contribution is 7.91. The Bertz CT molecular complexity index is 587. The Morgan fingerprint density at radius 2 is 2.05 bits per heavy atom. The number of piperidine rings is 1. The van der Waals surface area contributed by atoms with E-state index in [4.69, 9.17) is 0 Å². The summed E-state index contributed by atoms with van der Waals surface area (Å²) in [5.41, 5.74) is 1.37. The fourth-order valence-electron chi connectivity index (χ4n) is 2.90. The van der Waals surface area contributed by atoms with Gasteiger partial charge in [-0.15, -0.1) is 0 Å². The van der Waals surface area contributed by atoms with Crippen LogP contribution in [-0.2, 0) is 14.6 Å². The Labute approximate surface area is 132 Å². The van der Waals surface area contributed by atoms with Crippen LogP contribution < -0.4 is 5.32 Å². The van der Waals surface area contributed by atoms with Gasteiger partial charge in [0.25, 0.3) is 0 Å². The number of likely N-dealkylation sites (tertiary alicyclic amines) is 1. The van der Waals surface area contributed by atoms with Crippen LogP contribution >= 0.6 is 0 Å². The average Bonchev–Trinajstić information content (AvgIpc) is 2.47. The maximum atomic E-state index is 11.5. The van der Waals surface area contributed by atoms with Crippen LogP contribution in [-0.4, -0.2) is 57.4 Å². The molecule has 1 aliphatic heterocycles. The number of nitrogens with one attached hydrogen (secondary N) is 1. The first-order valence-electron chi connectivity index (χ1n) is 7.66. The molecule has 0 radical (unpaired) electrons. The van der Waals surface area contributed by atoms with Crippen molar-refractivity contribution in [1.82, 2.24) is 10.2 Å². The van der Waals surface area contributed by atoms with Crippen molar-refractivity contribution < 1.29 is 13.2 Å². The van der Waals surface area contributed by atoms with Gasteiger partial charge in [0.05, 0.1) is 0 Å². The van der Waals surface area contributed by atoms with Crippen LogP contribution in [0.4, 0.5) is 0 Å². The molecule has 0 saturated carbocycles. The topological polar surface area (TPSA) is 66.5 Å². The van der Waals surface area contributed by atoms with E-state index >= 15 is 0 Å². The van der Waals surface area contributed by atoms with Crippen molar-refractivity contribution in [2.24, 2.45) is 0 Å². The quantitative estimate of drug-likeness (QED) is 0.849. The third-order valence-corrected chi connectivity index (χ3v) is 4.71. The van der Waals surface area contributed by atoms with Crippen molar-refractivity contribution in [3.05, 3.63) is 35.9 Å². The lowest BCUT2D eigenvalue weighted by atomic mass is 9.91. The van der Waals surface area contributed by atoms with Crippen molar-refractivity contribution in [2.45, 2.75) is 18.8 Å². The first kappa shape index (κ1) is 17.0. The van der Waals surface area contributed by atoms with Crippen molar-refractivity contribution in [2.75, 3.05) is 38.2 Å². The second kappa shape index (κ2) is 7.74. The summed E-state index contributed by atoms with van der Waals surface area (Å²) < 4.78 is 22.1. The molecule has 6 heteroatoms. The van der Waals surface area contributed by atoms with E-state index in [9.17, 15) is 13.2 Å². The Morgan fingerprint density at radius 1 is 1.32 bits per heavy atom. The molecule has 1 saturated heterocycles. The van der Waals surface area contributed by atoms with Crippen LogP contribution in [0.1, 0.15) is 24.3 Å². The number of carbonyl (C=O) groups is 1. The molecule has 1 amide bonds. The molecule has 0 aliphatic carbocycles. The number of nitrogens with zero attached hydrogens (tertiary/aromatic N) is 1. The molecule has 0 aromatic heterocycles. The van der Waals surface area contributed by atoms with Crippen molar-refractivity contribution in [1.29, 1.82) is 0 Å². The van der Waals surface area contributed by atoms with Crippen LogP contribution in [0.3, 0.4) is 0 Å². The summed E-state index contributed by atoms with van der Waals surface area (Å²) in [5.74, 6) is -0.305. The predicted octanol–water partition coefficient (Wildman–Crippen LogP) is 1.03. The molecule has 1 aromatic carbocycles. The fourth-order valence-corrected chi connectivity index (χ4v) is 3.48. The van der Waals surface area contributed by atoms with Gasteiger partial charge in [-0.1, -0.05) is 30.3 Å². The molecule has 22 heavy (non-hydrogen) atoms. The van der Waals surface area contributed by atoms with Gasteiger partial charge in [0.1, 0.15) is 5.75 Å². The largest absolute Gasteiger partial charge is 0.354 e. The summed E-state index contributed by atoms with van der Waals surface area (Å²) in [6.07, 6.45) is 3.42. The number of benzene rings is 1. The number of rotatable bonds is 6. The second-order valence-corrected chi connectivity index (χ2v) is 8.11. The molecule has 1 fully saturated rings. The maximum Gasteiger partial charge on any atom is 0.235 e. The van der Waals surface area contributed by atoms with E-state index in [1.807, 2.05) is 6.07 Å². The number of carbonyl (C=O) groups excluding carboxylic acids is 1. The van der Waals surface area contributed by atoms with Gasteiger partial charge in [-0.3, -0.25) is 4.79 Å². The van der Waals surface area contributed by atoms with E-state index < -0.39 is 21.5 Å². The zero-order chi connectivity index (χ0) is 16.0. The molecular weight excluding hydrogens is 300 g/mol. The number of hydrogen-bond acceptors (Lipinski definition) is 4. The van der Waals surface area contributed by atoms with Crippen LogP contribution in [0.25, 0.3) is 0 Å².